The van der Waals surface area contributed by atoms with Gasteiger partial charge in [-0.2, -0.15) is 0 Å². The molecule has 1 heterocycles. The van der Waals surface area contributed by atoms with Crippen LogP contribution in [0.4, 0.5) is 0 Å². The van der Waals surface area contributed by atoms with Crippen LogP contribution in [-0.2, 0) is 10.8 Å². The van der Waals surface area contributed by atoms with Crippen molar-refractivity contribution >= 4 is 0 Å². The highest BCUT2D eigenvalue weighted by Gasteiger charge is 2.41. The SMILES string of the molecule is CC1(C)CC(C)(C)c2cc(-c3nc(-c4ccc(-c5ccccc5)cc4)nc(-c4ccc(-c5ccccc5)cc4)n3)ccc21. The van der Waals surface area contributed by atoms with E-state index in [4.69, 9.17) is 15.0 Å². The molecule has 0 atom stereocenters. The van der Waals surface area contributed by atoms with Crippen molar-refractivity contribution in [2.75, 3.05) is 0 Å². The van der Waals surface area contributed by atoms with Gasteiger partial charge in [-0.05, 0) is 56.7 Å². The average Bonchev–Trinajstić information content (AvgIpc) is 3.24. The molecule has 0 saturated heterocycles. The van der Waals surface area contributed by atoms with Crippen molar-refractivity contribution < 1.29 is 0 Å². The van der Waals surface area contributed by atoms with E-state index >= 15 is 0 Å². The minimum Gasteiger partial charge on any atom is -0.208 e. The third-order valence-electron chi connectivity index (χ3n) is 8.76. The smallest absolute Gasteiger partial charge is 0.164 e. The van der Waals surface area contributed by atoms with Crippen LogP contribution in [0.25, 0.3) is 56.4 Å². The quantitative estimate of drug-likeness (QED) is 0.212. The molecular weight excluding hydrogens is 522 g/mol. The summed E-state index contributed by atoms with van der Waals surface area (Å²) in [6.45, 7) is 9.38. The minimum atomic E-state index is 0.0913. The highest BCUT2D eigenvalue weighted by molar-refractivity contribution is 5.72. The molecule has 1 aromatic heterocycles. The van der Waals surface area contributed by atoms with Gasteiger partial charge in [-0.25, -0.2) is 15.0 Å². The van der Waals surface area contributed by atoms with Crippen LogP contribution in [0.3, 0.4) is 0 Å². The van der Waals surface area contributed by atoms with Crippen molar-refractivity contribution in [3.8, 4) is 56.4 Å². The summed E-state index contributed by atoms with van der Waals surface area (Å²) in [5.41, 5.74) is 10.7. The van der Waals surface area contributed by atoms with E-state index in [-0.39, 0.29) is 10.8 Å². The molecule has 0 aliphatic heterocycles. The molecule has 5 aromatic carbocycles. The monoisotopic (exact) mass is 557 g/mol. The summed E-state index contributed by atoms with van der Waals surface area (Å²) in [5, 5.41) is 0. The Balaban J connectivity index is 1.33. The van der Waals surface area contributed by atoms with Crippen molar-refractivity contribution in [3.63, 3.8) is 0 Å². The topological polar surface area (TPSA) is 38.7 Å². The van der Waals surface area contributed by atoms with Gasteiger partial charge in [0.1, 0.15) is 0 Å². The maximum Gasteiger partial charge on any atom is 0.164 e. The fourth-order valence-corrected chi connectivity index (χ4v) is 6.78. The van der Waals surface area contributed by atoms with E-state index in [1.807, 2.05) is 12.1 Å². The molecule has 0 saturated carbocycles. The van der Waals surface area contributed by atoms with Gasteiger partial charge < -0.3 is 0 Å². The lowest BCUT2D eigenvalue weighted by Gasteiger charge is -2.22. The summed E-state index contributed by atoms with van der Waals surface area (Å²) in [6, 6.07) is 44.6. The van der Waals surface area contributed by atoms with Gasteiger partial charge in [-0.1, -0.05) is 149 Å². The van der Waals surface area contributed by atoms with Crippen LogP contribution >= 0.6 is 0 Å². The molecule has 0 bridgehead atoms. The van der Waals surface area contributed by atoms with Crippen LogP contribution in [0, 0.1) is 0 Å². The van der Waals surface area contributed by atoms with E-state index in [0.717, 1.165) is 23.1 Å². The predicted molar refractivity (Wildman–Crippen MR) is 178 cm³/mol. The Morgan fingerprint density at radius 1 is 0.372 bits per heavy atom. The van der Waals surface area contributed by atoms with Crippen LogP contribution < -0.4 is 0 Å². The average molecular weight is 558 g/mol. The molecule has 0 spiro atoms. The second kappa shape index (κ2) is 10.4. The van der Waals surface area contributed by atoms with Gasteiger partial charge in [0.15, 0.2) is 17.5 Å². The lowest BCUT2D eigenvalue weighted by Crippen LogP contribution is -2.17. The Morgan fingerprint density at radius 3 is 1.19 bits per heavy atom. The van der Waals surface area contributed by atoms with Crippen LogP contribution in [0.1, 0.15) is 45.2 Å². The molecule has 3 heteroatoms. The summed E-state index contributed by atoms with van der Waals surface area (Å²) in [5.74, 6) is 2.04. The summed E-state index contributed by atoms with van der Waals surface area (Å²) >= 11 is 0. The Kier molecular flexibility index (Phi) is 6.54. The molecule has 7 rings (SSSR count). The van der Waals surface area contributed by atoms with E-state index in [2.05, 4.69) is 143 Å². The number of benzene rings is 5. The van der Waals surface area contributed by atoms with Crippen LogP contribution in [0.2, 0.25) is 0 Å². The molecule has 3 nitrogen and oxygen atoms in total. The zero-order chi connectivity index (χ0) is 29.6. The lowest BCUT2D eigenvalue weighted by molar-refractivity contribution is 0.403. The van der Waals surface area contributed by atoms with Gasteiger partial charge in [0.05, 0.1) is 0 Å². The summed E-state index contributed by atoms with van der Waals surface area (Å²) in [4.78, 5) is 15.1. The van der Waals surface area contributed by atoms with Crippen molar-refractivity contribution in [2.24, 2.45) is 0 Å². The first-order valence-electron chi connectivity index (χ1n) is 15.0. The Morgan fingerprint density at radius 2 is 0.721 bits per heavy atom. The fourth-order valence-electron chi connectivity index (χ4n) is 6.78. The van der Waals surface area contributed by atoms with Crippen molar-refractivity contribution in [2.45, 2.75) is 44.9 Å². The minimum absolute atomic E-state index is 0.0913. The summed E-state index contributed by atoms with van der Waals surface area (Å²) in [7, 11) is 0. The van der Waals surface area contributed by atoms with Gasteiger partial charge in [-0.15, -0.1) is 0 Å². The normalized spacial score (nSPS) is 14.8. The zero-order valence-corrected chi connectivity index (χ0v) is 25.2. The first-order chi connectivity index (χ1) is 20.8. The molecule has 0 N–H and O–H groups in total. The maximum absolute atomic E-state index is 5.05. The first kappa shape index (κ1) is 27.0. The first-order valence-corrected chi connectivity index (χ1v) is 15.0. The molecule has 43 heavy (non-hydrogen) atoms. The second-order valence-electron chi connectivity index (χ2n) is 12.9. The lowest BCUT2D eigenvalue weighted by atomic mass is 9.82. The van der Waals surface area contributed by atoms with Gasteiger partial charge in [0, 0.05) is 16.7 Å². The highest BCUT2D eigenvalue weighted by Crippen LogP contribution is 2.50. The Hall–Kier alpha value is -4.89. The van der Waals surface area contributed by atoms with Crippen molar-refractivity contribution in [1.29, 1.82) is 0 Å². The number of hydrogen-bond donors (Lipinski definition) is 0. The maximum atomic E-state index is 5.05. The second-order valence-corrected chi connectivity index (χ2v) is 12.9. The zero-order valence-electron chi connectivity index (χ0n) is 25.2. The van der Waals surface area contributed by atoms with Gasteiger partial charge in [-0.3, -0.25) is 0 Å². The predicted octanol–water partition coefficient (Wildman–Crippen LogP) is 10.2. The van der Waals surface area contributed by atoms with Crippen LogP contribution in [-0.4, -0.2) is 15.0 Å². The molecule has 1 aliphatic carbocycles. The van der Waals surface area contributed by atoms with E-state index in [1.54, 1.807) is 0 Å². The third kappa shape index (κ3) is 5.17. The van der Waals surface area contributed by atoms with E-state index in [1.165, 1.54) is 33.4 Å². The largest absolute Gasteiger partial charge is 0.208 e. The number of nitrogens with zero attached hydrogens (tertiary/aromatic N) is 3. The number of hydrogen-bond acceptors (Lipinski definition) is 3. The number of fused-ring (bicyclic) bond motifs is 1. The molecule has 0 radical (unpaired) electrons. The summed E-state index contributed by atoms with van der Waals surface area (Å²) < 4.78 is 0. The molecule has 0 fully saturated rings. The van der Waals surface area contributed by atoms with Crippen LogP contribution in [0.15, 0.2) is 127 Å². The molecule has 210 valence electrons. The van der Waals surface area contributed by atoms with E-state index in [9.17, 15) is 0 Å². The van der Waals surface area contributed by atoms with Crippen molar-refractivity contribution in [1.82, 2.24) is 15.0 Å². The van der Waals surface area contributed by atoms with E-state index < -0.39 is 0 Å². The highest BCUT2D eigenvalue weighted by atomic mass is 15.0. The number of rotatable bonds is 5. The van der Waals surface area contributed by atoms with Crippen molar-refractivity contribution in [3.05, 3.63) is 139 Å². The third-order valence-corrected chi connectivity index (χ3v) is 8.76. The van der Waals surface area contributed by atoms with Gasteiger partial charge in [0.2, 0.25) is 0 Å². The molecule has 1 aliphatic rings. The van der Waals surface area contributed by atoms with Gasteiger partial charge >= 0.3 is 0 Å². The standard InChI is InChI=1S/C40H35N3/c1-39(2)26-40(3,4)35-25-33(23-24-34(35)39)38-42-36(31-19-15-29(16-20-31)27-11-7-5-8-12-27)41-37(43-38)32-21-17-30(18-22-32)28-13-9-6-10-14-28/h5-25H,26H2,1-4H3. The Bertz CT molecular complexity index is 1800. The number of aromatic nitrogens is 3. The van der Waals surface area contributed by atoms with Crippen LogP contribution in [0.5, 0.6) is 0 Å². The molecular formula is C40H35N3. The summed E-state index contributed by atoms with van der Waals surface area (Å²) in [6.07, 6.45) is 1.12. The van der Waals surface area contributed by atoms with Gasteiger partial charge in [0.25, 0.3) is 0 Å². The van der Waals surface area contributed by atoms with E-state index in [0.29, 0.717) is 17.5 Å². The Labute approximate surface area is 254 Å². The molecule has 6 aromatic rings. The molecule has 0 amide bonds. The fraction of sp³-hybridized carbons (Fsp3) is 0.175. The molecule has 0 unspecified atom stereocenters.